The molecule has 150 valence electrons. The van der Waals surface area contributed by atoms with Crippen molar-refractivity contribution < 1.29 is 22.7 Å². The molecule has 9 heteroatoms. The Balaban J connectivity index is 2.15. The first-order chi connectivity index (χ1) is 13.1. The molecule has 0 unspecified atom stereocenters. The van der Waals surface area contributed by atoms with Gasteiger partial charge in [-0.1, -0.05) is 28.1 Å². The maximum Gasteiger partial charge on any atom is 0.253 e. The molecular weight excluding hydrogens is 448 g/mol. The smallest absolute Gasteiger partial charge is 0.253 e. The van der Waals surface area contributed by atoms with Gasteiger partial charge >= 0.3 is 0 Å². The normalized spacial score (nSPS) is 11.0. The zero-order valence-electron chi connectivity index (χ0n) is 15.7. The Morgan fingerprint density at radius 1 is 1.14 bits per heavy atom. The van der Waals surface area contributed by atoms with E-state index in [9.17, 15) is 18.0 Å². The van der Waals surface area contributed by atoms with Gasteiger partial charge in [-0.25, -0.2) is 8.42 Å². The second-order valence-corrected chi connectivity index (χ2v) is 9.31. The van der Waals surface area contributed by atoms with Gasteiger partial charge in [-0.15, -0.1) is 0 Å². The van der Waals surface area contributed by atoms with Gasteiger partial charge in [-0.05, 0) is 35.9 Å². The lowest BCUT2D eigenvalue weighted by Gasteiger charge is -2.14. The summed E-state index contributed by atoms with van der Waals surface area (Å²) in [5.41, 5.74) is 1.16. The van der Waals surface area contributed by atoms with Crippen molar-refractivity contribution in [2.24, 2.45) is 0 Å². The van der Waals surface area contributed by atoms with Crippen LogP contribution >= 0.6 is 15.9 Å². The first-order valence-electron chi connectivity index (χ1n) is 8.25. The molecule has 28 heavy (non-hydrogen) atoms. The third-order valence-electron chi connectivity index (χ3n) is 3.75. The SMILES string of the molecule is COc1ccc(C(=O)N(C)C)cc1NC(=O)CS(=O)(=O)Cc1cccc(Br)c1. The zero-order chi connectivity index (χ0) is 20.9. The summed E-state index contributed by atoms with van der Waals surface area (Å²) in [5.74, 6) is -1.57. The Kier molecular flexibility index (Phi) is 7.20. The van der Waals surface area contributed by atoms with Crippen molar-refractivity contribution in [1.82, 2.24) is 4.90 Å². The molecule has 0 aliphatic carbocycles. The highest BCUT2D eigenvalue weighted by Crippen LogP contribution is 2.26. The maximum absolute atomic E-state index is 12.4. The predicted molar refractivity (Wildman–Crippen MR) is 111 cm³/mol. The number of carbonyl (C=O) groups is 2. The van der Waals surface area contributed by atoms with Crippen molar-refractivity contribution in [1.29, 1.82) is 0 Å². The van der Waals surface area contributed by atoms with E-state index in [0.29, 0.717) is 16.9 Å². The molecule has 0 atom stereocenters. The monoisotopic (exact) mass is 468 g/mol. The lowest BCUT2D eigenvalue weighted by molar-refractivity contribution is -0.113. The third kappa shape index (κ3) is 6.07. The Bertz CT molecular complexity index is 990. The number of ether oxygens (including phenoxy) is 1. The standard InChI is InChI=1S/C19H21BrN2O5S/c1-22(2)19(24)14-7-8-17(27-3)16(10-14)21-18(23)12-28(25,26)11-13-5-4-6-15(20)9-13/h4-10H,11-12H2,1-3H3,(H,21,23). The van der Waals surface area contributed by atoms with Gasteiger partial charge in [0.05, 0.1) is 18.6 Å². The zero-order valence-corrected chi connectivity index (χ0v) is 18.1. The number of amides is 2. The molecule has 0 aliphatic heterocycles. The van der Waals surface area contributed by atoms with E-state index in [-0.39, 0.29) is 17.3 Å². The highest BCUT2D eigenvalue weighted by Gasteiger charge is 2.20. The number of anilines is 1. The number of rotatable bonds is 7. The summed E-state index contributed by atoms with van der Waals surface area (Å²) < 4.78 is 30.7. The van der Waals surface area contributed by atoms with E-state index in [1.807, 2.05) is 0 Å². The second kappa shape index (κ2) is 9.20. The molecule has 2 aromatic carbocycles. The number of nitrogens with zero attached hydrogens (tertiary/aromatic N) is 1. The topological polar surface area (TPSA) is 92.8 Å². The first-order valence-corrected chi connectivity index (χ1v) is 10.9. The van der Waals surface area contributed by atoms with Crippen molar-refractivity contribution >= 4 is 43.3 Å². The number of halogens is 1. The van der Waals surface area contributed by atoms with Crippen LogP contribution in [0.15, 0.2) is 46.9 Å². The van der Waals surface area contributed by atoms with Crippen molar-refractivity contribution in [3.63, 3.8) is 0 Å². The Hall–Kier alpha value is -2.39. The van der Waals surface area contributed by atoms with E-state index in [1.165, 1.54) is 18.1 Å². The van der Waals surface area contributed by atoms with Gasteiger partial charge in [0.25, 0.3) is 5.91 Å². The fraction of sp³-hybridized carbons (Fsp3) is 0.263. The molecule has 0 radical (unpaired) electrons. The summed E-state index contributed by atoms with van der Waals surface area (Å²) in [5, 5.41) is 2.53. The van der Waals surface area contributed by atoms with E-state index in [0.717, 1.165) is 4.47 Å². The fourth-order valence-corrected chi connectivity index (χ4v) is 4.22. The summed E-state index contributed by atoms with van der Waals surface area (Å²) in [6, 6.07) is 11.5. The predicted octanol–water partition coefficient (Wildman–Crippen LogP) is 2.71. The lowest BCUT2D eigenvalue weighted by Crippen LogP contribution is -2.25. The highest BCUT2D eigenvalue weighted by molar-refractivity contribution is 9.10. The molecule has 2 aromatic rings. The summed E-state index contributed by atoms with van der Waals surface area (Å²) in [6.45, 7) is 0. The summed E-state index contributed by atoms with van der Waals surface area (Å²) in [6.07, 6.45) is 0. The van der Waals surface area contributed by atoms with Crippen LogP contribution in [-0.2, 0) is 20.4 Å². The molecule has 0 bridgehead atoms. The van der Waals surface area contributed by atoms with Gasteiger partial charge in [0.15, 0.2) is 9.84 Å². The van der Waals surface area contributed by atoms with Gasteiger partial charge in [-0.2, -0.15) is 0 Å². The van der Waals surface area contributed by atoms with Crippen molar-refractivity contribution in [2.45, 2.75) is 5.75 Å². The first kappa shape index (κ1) is 21.9. The minimum absolute atomic E-state index is 0.234. The molecule has 0 saturated heterocycles. The Morgan fingerprint density at radius 3 is 2.46 bits per heavy atom. The minimum Gasteiger partial charge on any atom is -0.495 e. The van der Waals surface area contributed by atoms with Crippen LogP contribution in [0, 0.1) is 0 Å². The summed E-state index contributed by atoms with van der Waals surface area (Å²) in [4.78, 5) is 25.8. The van der Waals surface area contributed by atoms with Crippen LogP contribution in [-0.4, -0.2) is 52.1 Å². The van der Waals surface area contributed by atoms with Crippen LogP contribution in [0.5, 0.6) is 5.75 Å². The molecular formula is C19H21BrN2O5S. The largest absolute Gasteiger partial charge is 0.495 e. The summed E-state index contributed by atoms with van der Waals surface area (Å²) >= 11 is 3.29. The van der Waals surface area contributed by atoms with Crippen LogP contribution in [0.4, 0.5) is 5.69 Å². The lowest BCUT2D eigenvalue weighted by atomic mass is 10.1. The minimum atomic E-state index is -3.68. The average molecular weight is 469 g/mol. The molecule has 2 amide bonds. The number of benzene rings is 2. The quantitative estimate of drug-likeness (QED) is 0.673. The molecule has 1 N–H and O–H groups in total. The number of hydrogen-bond acceptors (Lipinski definition) is 5. The fourth-order valence-electron chi connectivity index (χ4n) is 2.51. The number of hydrogen-bond donors (Lipinski definition) is 1. The third-order valence-corrected chi connectivity index (χ3v) is 5.72. The average Bonchev–Trinajstić information content (AvgIpc) is 2.59. The molecule has 2 rings (SSSR count). The second-order valence-electron chi connectivity index (χ2n) is 6.32. The molecule has 0 aliphatic rings. The molecule has 7 nitrogen and oxygen atoms in total. The molecule has 0 heterocycles. The van der Waals surface area contributed by atoms with E-state index in [4.69, 9.17) is 4.74 Å². The van der Waals surface area contributed by atoms with E-state index in [1.54, 1.807) is 50.5 Å². The van der Waals surface area contributed by atoms with Crippen molar-refractivity contribution in [3.8, 4) is 5.75 Å². The van der Waals surface area contributed by atoms with E-state index < -0.39 is 21.5 Å². The number of carbonyl (C=O) groups excluding carboxylic acids is 2. The van der Waals surface area contributed by atoms with E-state index in [2.05, 4.69) is 21.2 Å². The van der Waals surface area contributed by atoms with Crippen LogP contribution in [0.3, 0.4) is 0 Å². The van der Waals surface area contributed by atoms with Crippen LogP contribution in [0.25, 0.3) is 0 Å². The van der Waals surface area contributed by atoms with Crippen LogP contribution < -0.4 is 10.1 Å². The molecule has 0 saturated carbocycles. The summed E-state index contributed by atoms with van der Waals surface area (Å²) in [7, 11) is 0.961. The van der Waals surface area contributed by atoms with Gasteiger partial charge in [0.1, 0.15) is 11.5 Å². The molecule has 0 fully saturated rings. The van der Waals surface area contributed by atoms with Crippen LogP contribution in [0.2, 0.25) is 0 Å². The van der Waals surface area contributed by atoms with Gasteiger partial charge in [0, 0.05) is 24.1 Å². The number of nitrogens with one attached hydrogen (secondary N) is 1. The van der Waals surface area contributed by atoms with Gasteiger partial charge in [0.2, 0.25) is 5.91 Å². The van der Waals surface area contributed by atoms with Crippen molar-refractivity contribution in [2.75, 3.05) is 32.3 Å². The Labute approximate surface area is 172 Å². The van der Waals surface area contributed by atoms with Crippen molar-refractivity contribution in [3.05, 3.63) is 58.1 Å². The van der Waals surface area contributed by atoms with Gasteiger partial charge < -0.3 is 15.0 Å². The molecule has 0 spiro atoms. The number of methoxy groups -OCH3 is 1. The maximum atomic E-state index is 12.4. The van der Waals surface area contributed by atoms with E-state index >= 15 is 0 Å². The number of sulfone groups is 1. The van der Waals surface area contributed by atoms with Gasteiger partial charge in [-0.3, -0.25) is 9.59 Å². The highest BCUT2D eigenvalue weighted by atomic mass is 79.9. The Morgan fingerprint density at radius 2 is 1.86 bits per heavy atom. The molecule has 0 aromatic heterocycles. The van der Waals surface area contributed by atoms with Crippen LogP contribution in [0.1, 0.15) is 15.9 Å².